The highest BCUT2D eigenvalue weighted by molar-refractivity contribution is 8.01. The molecule has 2 aliphatic heterocycles. The molecule has 6 N–H and O–H groups in total. The number of carboxylic acid groups (broad SMARTS) is 1. The summed E-state index contributed by atoms with van der Waals surface area (Å²) in [6, 6.07) is 3.98. The number of hydrogen-bond donors (Lipinski definition) is 5. The lowest BCUT2D eigenvalue weighted by Gasteiger charge is -2.49. The standard InChI is InChI=1S/C18H18N6O5S2.C3H6/c19-12(8-1-3-10(25)4-2-8)15(26)21-13-16(27)24-14(18(28)29)9(7-31-17(13)24)6-30-11-5-20-23-22-11;1-3-2/h1-5,12-13,17,25H,6-7,19H2,(H,21,26)(H,28,29)(H,20,22,23);3H,1H2,2H3/t12-,13-,17-;/m1./s1. The SMILES string of the molecule is C=CC.N[C@@H](C(=O)N[C@@H]1C(=O)N2C(C(=O)O)=C(CSc3c[nH]nn3)CS[C@H]12)c1ccc(O)cc1. The number of fused-ring (bicyclic) bond motifs is 1. The Balaban J connectivity index is 0.00000103. The summed E-state index contributed by atoms with van der Waals surface area (Å²) in [6.07, 6.45) is 3.35. The Labute approximate surface area is 203 Å². The Hall–Kier alpha value is -3.29. The number of allylic oxidation sites excluding steroid dienone is 1. The Kier molecular flexibility index (Phi) is 8.36. The lowest BCUT2D eigenvalue weighted by molar-refractivity contribution is -0.150. The minimum absolute atomic E-state index is 0.0466. The second-order valence-electron chi connectivity index (χ2n) is 7.23. The molecule has 34 heavy (non-hydrogen) atoms. The lowest BCUT2D eigenvalue weighted by Crippen LogP contribution is -2.71. The highest BCUT2D eigenvalue weighted by Gasteiger charge is 2.54. The number of hydrogen-bond acceptors (Lipinski definition) is 9. The van der Waals surface area contributed by atoms with E-state index in [9.17, 15) is 24.6 Å². The normalized spacial score (nSPS) is 19.8. The van der Waals surface area contributed by atoms with E-state index in [0.29, 0.717) is 27.7 Å². The molecule has 0 bridgehead atoms. The fraction of sp³-hybridized carbons (Fsp3) is 0.286. The number of amides is 2. The van der Waals surface area contributed by atoms with Gasteiger partial charge in [-0.3, -0.25) is 19.6 Å². The van der Waals surface area contributed by atoms with Crippen LogP contribution in [-0.4, -0.2) is 71.2 Å². The largest absolute Gasteiger partial charge is 0.508 e. The van der Waals surface area contributed by atoms with Gasteiger partial charge in [0.25, 0.3) is 5.91 Å². The van der Waals surface area contributed by atoms with Crippen molar-refractivity contribution in [1.82, 2.24) is 25.6 Å². The number of carboxylic acids is 1. The van der Waals surface area contributed by atoms with Gasteiger partial charge in [-0.2, -0.15) is 0 Å². The van der Waals surface area contributed by atoms with E-state index in [-0.39, 0.29) is 11.4 Å². The number of nitrogens with two attached hydrogens (primary N) is 1. The van der Waals surface area contributed by atoms with E-state index in [0.717, 1.165) is 0 Å². The van der Waals surface area contributed by atoms with E-state index in [1.807, 2.05) is 6.92 Å². The van der Waals surface area contributed by atoms with Crippen LogP contribution in [-0.2, 0) is 14.4 Å². The van der Waals surface area contributed by atoms with Gasteiger partial charge in [0.15, 0.2) is 0 Å². The topological polar surface area (TPSA) is 175 Å². The van der Waals surface area contributed by atoms with Gasteiger partial charge in [-0.05, 0) is 30.2 Å². The molecule has 0 aliphatic carbocycles. The van der Waals surface area contributed by atoms with Crippen LogP contribution < -0.4 is 11.1 Å². The zero-order chi connectivity index (χ0) is 24.8. The molecule has 11 nitrogen and oxygen atoms in total. The number of aromatic nitrogens is 3. The number of nitrogens with one attached hydrogen (secondary N) is 2. The van der Waals surface area contributed by atoms with Gasteiger partial charge in [0.05, 0.1) is 6.20 Å². The third kappa shape index (κ3) is 5.43. The van der Waals surface area contributed by atoms with Crippen LogP contribution in [0.4, 0.5) is 0 Å². The third-order valence-electron chi connectivity index (χ3n) is 4.87. The predicted octanol–water partition coefficient (Wildman–Crippen LogP) is 1.23. The molecular weight excluding hydrogens is 480 g/mol. The van der Waals surface area contributed by atoms with E-state index < -0.39 is 35.2 Å². The quantitative estimate of drug-likeness (QED) is 0.209. The maximum atomic E-state index is 12.7. The van der Waals surface area contributed by atoms with E-state index in [1.54, 1.807) is 12.3 Å². The third-order valence-corrected chi connectivity index (χ3v) is 7.20. The fourth-order valence-electron chi connectivity index (χ4n) is 3.29. The summed E-state index contributed by atoms with van der Waals surface area (Å²) in [5.74, 6) is -1.45. The second-order valence-corrected chi connectivity index (χ2v) is 9.33. The van der Waals surface area contributed by atoms with Crippen molar-refractivity contribution in [2.24, 2.45) is 5.73 Å². The number of carbonyl (C=O) groups excluding carboxylic acids is 2. The molecule has 3 heterocycles. The minimum atomic E-state index is -1.19. The number of benzene rings is 1. The molecule has 1 aromatic heterocycles. The number of phenolic OH excluding ortho intramolecular Hbond substituents is 1. The summed E-state index contributed by atoms with van der Waals surface area (Å²) in [7, 11) is 0. The summed E-state index contributed by atoms with van der Waals surface area (Å²) in [5, 5.41) is 31.8. The average Bonchev–Trinajstić information content (AvgIpc) is 3.34. The maximum Gasteiger partial charge on any atom is 0.352 e. The summed E-state index contributed by atoms with van der Waals surface area (Å²) in [6.45, 7) is 5.25. The van der Waals surface area contributed by atoms with Gasteiger partial charge in [0.1, 0.15) is 33.9 Å². The zero-order valence-electron chi connectivity index (χ0n) is 18.2. The predicted molar refractivity (Wildman–Crippen MR) is 128 cm³/mol. The van der Waals surface area contributed by atoms with Gasteiger partial charge >= 0.3 is 5.97 Å². The number of aromatic amines is 1. The number of nitrogens with zero attached hydrogens (tertiary/aromatic N) is 3. The van der Waals surface area contributed by atoms with E-state index in [2.05, 4.69) is 27.3 Å². The molecule has 2 aromatic rings. The summed E-state index contributed by atoms with van der Waals surface area (Å²) < 4.78 is 0. The monoisotopic (exact) mass is 504 g/mol. The van der Waals surface area contributed by atoms with Gasteiger partial charge < -0.3 is 21.3 Å². The van der Waals surface area contributed by atoms with Gasteiger partial charge in [-0.15, -0.1) is 23.4 Å². The molecule has 4 rings (SSSR count). The number of carbonyl (C=O) groups is 3. The molecule has 0 unspecified atom stereocenters. The molecule has 1 saturated heterocycles. The molecule has 2 aliphatic rings. The number of phenols is 1. The van der Waals surface area contributed by atoms with Crippen LogP contribution in [0.15, 0.2) is 59.4 Å². The number of thioether (sulfide) groups is 2. The Bertz CT molecular complexity index is 1090. The molecule has 13 heteroatoms. The van der Waals surface area contributed by atoms with E-state index >= 15 is 0 Å². The van der Waals surface area contributed by atoms with Crippen molar-refractivity contribution >= 4 is 41.3 Å². The number of β-lactam (4-membered cyclic amide) rings is 1. The smallest absolute Gasteiger partial charge is 0.352 e. The van der Waals surface area contributed by atoms with Gasteiger partial charge in [0.2, 0.25) is 5.91 Å². The Morgan fingerprint density at radius 2 is 2.12 bits per heavy atom. The van der Waals surface area contributed by atoms with Crippen molar-refractivity contribution in [3.63, 3.8) is 0 Å². The first-order valence-electron chi connectivity index (χ1n) is 10.1. The summed E-state index contributed by atoms with van der Waals surface area (Å²) in [4.78, 5) is 38.4. The molecule has 0 radical (unpaired) electrons. The van der Waals surface area contributed by atoms with E-state index in [1.165, 1.54) is 52.7 Å². The summed E-state index contributed by atoms with van der Waals surface area (Å²) in [5.41, 5.74) is 6.99. The van der Waals surface area contributed by atoms with Crippen molar-refractivity contribution in [1.29, 1.82) is 0 Å². The number of H-pyrrole nitrogens is 1. The number of aliphatic carboxylic acids is 1. The van der Waals surface area contributed by atoms with Crippen molar-refractivity contribution in [3.8, 4) is 5.75 Å². The first-order valence-corrected chi connectivity index (χ1v) is 12.1. The van der Waals surface area contributed by atoms with Crippen LogP contribution in [0.5, 0.6) is 5.75 Å². The Morgan fingerprint density at radius 3 is 2.71 bits per heavy atom. The molecule has 180 valence electrons. The summed E-state index contributed by atoms with van der Waals surface area (Å²) >= 11 is 2.70. The van der Waals surface area contributed by atoms with Crippen molar-refractivity contribution in [2.75, 3.05) is 11.5 Å². The highest BCUT2D eigenvalue weighted by Crippen LogP contribution is 2.41. The van der Waals surface area contributed by atoms with Gasteiger partial charge in [-0.25, -0.2) is 4.79 Å². The van der Waals surface area contributed by atoms with Gasteiger partial charge in [-0.1, -0.05) is 35.2 Å². The zero-order valence-corrected chi connectivity index (χ0v) is 19.8. The van der Waals surface area contributed by atoms with Crippen molar-refractivity contribution < 1.29 is 24.6 Å². The van der Waals surface area contributed by atoms with Crippen LogP contribution >= 0.6 is 23.5 Å². The number of aromatic hydroxyl groups is 1. The molecule has 0 spiro atoms. The molecule has 1 fully saturated rings. The minimum Gasteiger partial charge on any atom is -0.508 e. The first-order chi connectivity index (χ1) is 16.3. The van der Waals surface area contributed by atoms with Crippen LogP contribution in [0.1, 0.15) is 18.5 Å². The molecule has 1 aromatic carbocycles. The second kappa shape index (κ2) is 11.2. The molecular formula is C21H24N6O5S2. The van der Waals surface area contributed by atoms with Crippen LogP contribution in [0, 0.1) is 0 Å². The first kappa shape index (κ1) is 25.3. The molecule has 2 amide bonds. The molecule has 3 atom stereocenters. The highest BCUT2D eigenvalue weighted by atomic mass is 32.2. The Morgan fingerprint density at radius 1 is 1.44 bits per heavy atom. The molecule has 0 saturated carbocycles. The fourth-order valence-corrected chi connectivity index (χ4v) is 5.56. The van der Waals surface area contributed by atoms with Crippen LogP contribution in [0.25, 0.3) is 0 Å². The number of rotatable bonds is 7. The average molecular weight is 505 g/mol. The van der Waals surface area contributed by atoms with E-state index in [4.69, 9.17) is 5.73 Å². The van der Waals surface area contributed by atoms with Crippen LogP contribution in [0.3, 0.4) is 0 Å². The van der Waals surface area contributed by atoms with Gasteiger partial charge in [0, 0.05) is 11.5 Å². The lowest BCUT2D eigenvalue weighted by atomic mass is 10.0. The maximum absolute atomic E-state index is 12.7. The van der Waals surface area contributed by atoms with Crippen molar-refractivity contribution in [2.45, 2.75) is 29.4 Å². The van der Waals surface area contributed by atoms with Crippen molar-refractivity contribution in [3.05, 3.63) is 60.0 Å². The van der Waals surface area contributed by atoms with Crippen LogP contribution in [0.2, 0.25) is 0 Å².